The van der Waals surface area contributed by atoms with Crippen LogP contribution in [-0.2, 0) is 4.79 Å². The molecule has 114 valence electrons. The van der Waals surface area contributed by atoms with Gasteiger partial charge in [0.2, 0.25) is 6.34 Å². The molecular weight excluding hydrogens is 288 g/mol. The van der Waals surface area contributed by atoms with Crippen molar-refractivity contribution in [2.45, 2.75) is 12.8 Å². The van der Waals surface area contributed by atoms with Crippen molar-refractivity contribution in [2.24, 2.45) is 4.99 Å². The zero-order chi connectivity index (χ0) is 16.3. The number of rotatable bonds is 3. The third kappa shape index (κ3) is 2.64. The summed E-state index contributed by atoms with van der Waals surface area (Å²) in [7, 11) is 0. The van der Waals surface area contributed by atoms with E-state index >= 15 is 0 Å². The van der Waals surface area contributed by atoms with Crippen molar-refractivity contribution in [2.75, 3.05) is 0 Å². The van der Waals surface area contributed by atoms with Crippen LogP contribution in [0.15, 0.2) is 78.1 Å². The van der Waals surface area contributed by atoms with Crippen LogP contribution in [0.25, 0.3) is 0 Å². The Morgan fingerprint density at radius 2 is 1.57 bits per heavy atom. The highest BCUT2D eigenvalue weighted by Crippen LogP contribution is 2.26. The number of carbonyl (C=O) groups excluding carboxylic acids is 2. The number of nitrogens with zero attached hydrogens (tertiary/aromatic N) is 2. The molecule has 1 aliphatic heterocycles. The number of hydrogen-bond donors (Lipinski definition) is 0. The molecule has 4 nitrogen and oxygen atoms in total. The molecule has 2 aromatic carbocycles. The van der Waals surface area contributed by atoms with Crippen LogP contribution < -0.4 is 0 Å². The van der Waals surface area contributed by atoms with Crippen LogP contribution in [0.2, 0.25) is 0 Å². The monoisotopic (exact) mass is 305 g/mol. The predicted molar refractivity (Wildman–Crippen MR) is 88.5 cm³/mol. The molecule has 0 saturated carbocycles. The van der Waals surface area contributed by atoms with Gasteiger partial charge in [-0.15, -0.1) is 4.48 Å². The molecule has 2 aromatic rings. The molecule has 23 heavy (non-hydrogen) atoms. The van der Waals surface area contributed by atoms with E-state index in [1.54, 1.807) is 24.3 Å². The number of amides is 2. The van der Waals surface area contributed by atoms with Gasteiger partial charge in [0.25, 0.3) is 0 Å². The van der Waals surface area contributed by atoms with Gasteiger partial charge in [0.1, 0.15) is 6.20 Å². The highest BCUT2D eigenvalue weighted by molar-refractivity contribution is 6.04. The summed E-state index contributed by atoms with van der Waals surface area (Å²) in [5.41, 5.74) is 1.36. The van der Waals surface area contributed by atoms with Crippen LogP contribution in [-0.4, -0.2) is 22.6 Å². The first-order valence-electron chi connectivity index (χ1n) is 7.45. The van der Waals surface area contributed by atoms with Gasteiger partial charge in [0, 0.05) is 0 Å². The SMILES string of the molecule is CC(C(=O)[N+]1(C(=O)c2ccccc2)C=CN=C1)c1ccccc1. The van der Waals surface area contributed by atoms with E-state index in [1.165, 1.54) is 18.7 Å². The summed E-state index contributed by atoms with van der Waals surface area (Å²) in [5.74, 6) is -0.934. The van der Waals surface area contributed by atoms with Gasteiger partial charge >= 0.3 is 11.8 Å². The highest BCUT2D eigenvalue weighted by Gasteiger charge is 2.47. The molecule has 0 bridgehead atoms. The van der Waals surface area contributed by atoms with Gasteiger partial charge in [0.15, 0.2) is 0 Å². The lowest BCUT2D eigenvalue weighted by Crippen LogP contribution is -2.52. The number of aliphatic imine (C=N–C) groups is 1. The van der Waals surface area contributed by atoms with Crippen LogP contribution in [0.4, 0.5) is 0 Å². The fraction of sp³-hybridized carbons (Fsp3) is 0.105. The van der Waals surface area contributed by atoms with E-state index in [9.17, 15) is 9.59 Å². The summed E-state index contributed by atoms with van der Waals surface area (Å²) < 4.78 is -0.514. The summed E-state index contributed by atoms with van der Waals surface area (Å²) >= 11 is 0. The Labute approximate surface area is 135 Å². The molecule has 0 aromatic heterocycles. The molecule has 0 aliphatic carbocycles. The minimum Gasteiger partial charge on any atom is -0.229 e. The van der Waals surface area contributed by atoms with E-state index in [-0.39, 0.29) is 11.8 Å². The molecule has 0 fully saturated rings. The summed E-state index contributed by atoms with van der Waals surface area (Å²) in [6.45, 7) is 1.82. The summed E-state index contributed by atoms with van der Waals surface area (Å²) in [4.78, 5) is 30.1. The lowest BCUT2D eigenvalue weighted by atomic mass is 9.98. The average Bonchev–Trinajstić information content (AvgIpc) is 3.12. The second kappa shape index (κ2) is 6.10. The van der Waals surface area contributed by atoms with Crippen molar-refractivity contribution in [1.82, 2.24) is 0 Å². The second-order valence-corrected chi connectivity index (χ2v) is 5.48. The molecule has 3 rings (SSSR count). The first-order valence-corrected chi connectivity index (χ1v) is 7.45. The fourth-order valence-corrected chi connectivity index (χ4v) is 2.68. The number of imide groups is 1. The van der Waals surface area contributed by atoms with Gasteiger partial charge in [-0.2, -0.15) is 0 Å². The molecule has 2 atom stereocenters. The third-order valence-corrected chi connectivity index (χ3v) is 4.03. The van der Waals surface area contributed by atoms with E-state index in [2.05, 4.69) is 4.99 Å². The van der Waals surface area contributed by atoms with E-state index in [0.717, 1.165) is 5.56 Å². The van der Waals surface area contributed by atoms with Gasteiger partial charge in [-0.05, 0) is 24.6 Å². The molecular formula is C19H17N2O2+. The molecule has 1 heterocycles. The maximum absolute atomic E-state index is 13.1. The van der Waals surface area contributed by atoms with Gasteiger partial charge in [-0.3, -0.25) is 0 Å². The highest BCUT2D eigenvalue weighted by atomic mass is 16.2. The van der Waals surface area contributed by atoms with Crippen molar-refractivity contribution < 1.29 is 14.1 Å². The van der Waals surface area contributed by atoms with Gasteiger partial charge in [-0.25, -0.2) is 14.6 Å². The van der Waals surface area contributed by atoms with Gasteiger partial charge in [0.05, 0.1) is 17.7 Å². The predicted octanol–water partition coefficient (Wildman–Crippen LogP) is 3.49. The van der Waals surface area contributed by atoms with Crippen LogP contribution in [0.3, 0.4) is 0 Å². The summed E-state index contributed by atoms with van der Waals surface area (Å²) in [6, 6.07) is 18.3. The minimum atomic E-state index is -0.514. The lowest BCUT2D eigenvalue weighted by Gasteiger charge is -2.25. The zero-order valence-corrected chi connectivity index (χ0v) is 12.8. The molecule has 0 radical (unpaired) electrons. The maximum atomic E-state index is 13.1. The standard InChI is InChI=1S/C19H17N2O2/c1-15(16-8-4-2-5-9-16)18(22)21(13-12-20-14-21)19(23)17-10-6-3-7-11-17/h2-15H,1H3/q+1. The zero-order valence-electron chi connectivity index (χ0n) is 12.8. The van der Waals surface area contributed by atoms with Crippen molar-refractivity contribution >= 4 is 18.2 Å². The van der Waals surface area contributed by atoms with Crippen LogP contribution >= 0.6 is 0 Å². The Kier molecular flexibility index (Phi) is 4.00. The quantitative estimate of drug-likeness (QED) is 0.815. The Balaban J connectivity index is 1.99. The van der Waals surface area contributed by atoms with Crippen molar-refractivity contribution in [1.29, 1.82) is 0 Å². The average molecular weight is 305 g/mol. The molecule has 0 N–H and O–H groups in total. The lowest BCUT2D eigenvalue weighted by molar-refractivity contribution is -0.607. The van der Waals surface area contributed by atoms with E-state index in [0.29, 0.717) is 5.56 Å². The molecule has 1 aliphatic rings. The van der Waals surface area contributed by atoms with Crippen LogP contribution in [0, 0.1) is 0 Å². The summed E-state index contributed by atoms with van der Waals surface area (Å²) in [5, 5.41) is 0. The fourth-order valence-electron chi connectivity index (χ4n) is 2.68. The third-order valence-electron chi connectivity index (χ3n) is 4.03. The van der Waals surface area contributed by atoms with E-state index in [1.807, 2.05) is 43.3 Å². The van der Waals surface area contributed by atoms with E-state index in [4.69, 9.17) is 0 Å². The van der Waals surface area contributed by atoms with Crippen molar-refractivity contribution in [3.63, 3.8) is 0 Å². The smallest absolute Gasteiger partial charge is 0.229 e. The Hall–Kier alpha value is -2.85. The minimum absolute atomic E-state index is 0.220. The number of hydrogen-bond acceptors (Lipinski definition) is 3. The summed E-state index contributed by atoms with van der Waals surface area (Å²) in [6.07, 6.45) is 4.44. The molecule has 2 unspecified atom stereocenters. The van der Waals surface area contributed by atoms with Crippen molar-refractivity contribution in [3.05, 3.63) is 84.2 Å². The maximum Gasteiger partial charge on any atom is 0.363 e. The second-order valence-electron chi connectivity index (χ2n) is 5.48. The van der Waals surface area contributed by atoms with E-state index < -0.39 is 10.4 Å². The molecule has 2 amide bonds. The first-order chi connectivity index (χ1) is 11.1. The topological polar surface area (TPSA) is 46.5 Å². The largest absolute Gasteiger partial charge is 0.363 e. The number of carbonyl (C=O) groups is 2. The van der Waals surface area contributed by atoms with Crippen LogP contribution in [0.5, 0.6) is 0 Å². The van der Waals surface area contributed by atoms with Gasteiger partial charge in [-0.1, -0.05) is 48.5 Å². The van der Waals surface area contributed by atoms with Gasteiger partial charge < -0.3 is 0 Å². The molecule has 0 saturated heterocycles. The Morgan fingerprint density at radius 1 is 0.957 bits per heavy atom. The normalized spacial score (nSPS) is 20.4. The number of benzene rings is 2. The first kappa shape index (κ1) is 15.1. The molecule has 0 spiro atoms. The van der Waals surface area contributed by atoms with Crippen LogP contribution in [0.1, 0.15) is 28.8 Å². The number of quaternary nitrogens is 1. The Morgan fingerprint density at radius 3 is 2.13 bits per heavy atom. The molecule has 4 heteroatoms. The Bertz CT molecular complexity index is 768. The van der Waals surface area contributed by atoms with Crippen molar-refractivity contribution in [3.8, 4) is 0 Å².